The average molecular weight is 315 g/mol. The zero-order valence-corrected chi connectivity index (χ0v) is 12.8. The van der Waals surface area contributed by atoms with Crippen molar-refractivity contribution in [2.75, 3.05) is 11.9 Å². The molecule has 1 N–H and O–H groups in total. The maximum Gasteiger partial charge on any atom is 0.294 e. The summed E-state index contributed by atoms with van der Waals surface area (Å²) in [4.78, 5) is 10.4. The Morgan fingerprint density at radius 2 is 2.24 bits per heavy atom. The van der Waals surface area contributed by atoms with Gasteiger partial charge in [-0.2, -0.15) is 0 Å². The average Bonchev–Trinajstić information content (AvgIpc) is 2.42. The van der Waals surface area contributed by atoms with E-state index in [2.05, 4.69) is 12.2 Å². The Morgan fingerprint density at radius 3 is 2.90 bits per heavy atom. The molecule has 0 amide bonds. The first-order valence-corrected chi connectivity index (χ1v) is 7.72. The van der Waals surface area contributed by atoms with Gasteiger partial charge in [-0.15, -0.1) is 0 Å². The molecule has 21 heavy (non-hydrogen) atoms. The SMILES string of the molecule is CC1CCCC(CCNc2cc(F)c(Cl)cc2[N+](=O)[O-])C1. The van der Waals surface area contributed by atoms with Gasteiger partial charge >= 0.3 is 0 Å². The molecule has 2 unspecified atom stereocenters. The van der Waals surface area contributed by atoms with Crippen LogP contribution in [0.15, 0.2) is 12.1 Å². The standard InChI is InChI=1S/C15H20ClFN2O2/c1-10-3-2-4-11(7-10)5-6-18-14-9-13(17)12(16)8-15(14)19(20)21/h8-11,18H,2-7H2,1H3. The number of nitrogens with zero attached hydrogens (tertiary/aromatic N) is 1. The van der Waals surface area contributed by atoms with E-state index in [1.807, 2.05) is 0 Å². The van der Waals surface area contributed by atoms with Crippen molar-refractivity contribution >= 4 is 23.0 Å². The maximum absolute atomic E-state index is 13.5. The van der Waals surface area contributed by atoms with Crippen molar-refractivity contribution in [3.8, 4) is 0 Å². The summed E-state index contributed by atoms with van der Waals surface area (Å²) in [5, 5.41) is 13.7. The van der Waals surface area contributed by atoms with Crippen LogP contribution in [0.25, 0.3) is 0 Å². The molecule has 0 aromatic heterocycles. The topological polar surface area (TPSA) is 55.2 Å². The van der Waals surface area contributed by atoms with E-state index >= 15 is 0 Å². The second-order valence-electron chi connectivity index (χ2n) is 5.89. The van der Waals surface area contributed by atoms with E-state index in [1.54, 1.807) is 0 Å². The van der Waals surface area contributed by atoms with Crippen LogP contribution in [0, 0.1) is 27.8 Å². The van der Waals surface area contributed by atoms with Crippen LogP contribution in [0.5, 0.6) is 0 Å². The molecule has 1 aliphatic carbocycles. The lowest BCUT2D eigenvalue weighted by molar-refractivity contribution is -0.384. The van der Waals surface area contributed by atoms with Gasteiger partial charge in [0.25, 0.3) is 5.69 Å². The molecule has 1 aromatic carbocycles. The molecule has 0 aliphatic heterocycles. The Hall–Kier alpha value is -1.36. The van der Waals surface area contributed by atoms with Crippen LogP contribution in [0.1, 0.15) is 39.0 Å². The molecule has 4 nitrogen and oxygen atoms in total. The van der Waals surface area contributed by atoms with Gasteiger partial charge in [0.15, 0.2) is 0 Å². The summed E-state index contributed by atoms with van der Waals surface area (Å²) >= 11 is 5.59. The zero-order valence-electron chi connectivity index (χ0n) is 12.1. The summed E-state index contributed by atoms with van der Waals surface area (Å²) in [7, 11) is 0. The predicted octanol–water partition coefficient (Wildman–Crippen LogP) is 5.02. The fourth-order valence-electron chi connectivity index (χ4n) is 3.06. The quantitative estimate of drug-likeness (QED) is 0.613. The number of nitrogens with one attached hydrogen (secondary N) is 1. The van der Waals surface area contributed by atoms with Crippen LogP contribution in [0.4, 0.5) is 15.8 Å². The summed E-state index contributed by atoms with van der Waals surface area (Å²) in [6.45, 7) is 2.87. The Balaban J connectivity index is 1.96. The molecule has 1 fully saturated rings. The third kappa shape index (κ3) is 4.30. The van der Waals surface area contributed by atoms with Crippen molar-refractivity contribution in [1.29, 1.82) is 0 Å². The summed E-state index contributed by atoms with van der Waals surface area (Å²) in [6.07, 6.45) is 5.91. The molecule has 0 saturated heterocycles. The fraction of sp³-hybridized carbons (Fsp3) is 0.600. The monoisotopic (exact) mass is 314 g/mol. The minimum absolute atomic E-state index is 0.182. The molecule has 2 atom stereocenters. The number of anilines is 1. The Morgan fingerprint density at radius 1 is 1.48 bits per heavy atom. The van der Waals surface area contributed by atoms with Crippen molar-refractivity contribution in [2.45, 2.75) is 39.0 Å². The summed E-state index contributed by atoms with van der Waals surface area (Å²) < 4.78 is 13.5. The predicted molar refractivity (Wildman–Crippen MR) is 82.3 cm³/mol. The maximum atomic E-state index is 13.5. The largest absolute Gasteiger partial charge is 0.379 e. The smallest absolute Gasteiger partial charge is 0.294 e. The molecular weight excluding hydrogens is 295 g/mol. The third-order valence-electron chi connectivity index (χ3n) is 4.15. The normalized spacial score (nSPS) is 22.0. The van der Waals surface area contributed by atoms with Crippen molar-refractivity contribution in [1.82, 2.24) is 0 Å². The van der Waals surface area contributed by atoms with E-state index in [0.717, 1.165) is 24.5 Å². The van der Waals surface area contributed by atoms with Gasteiger partial charge in [-0.3, -0.25) is 10.1 Å². The Kier molecular flexibility index (Phi) is 5.39. The molecule has 1 aliphatic rings. The summed E-state index contributed by atoms with van der Waals surface area (Å²) in [6, 6.07) is 2.16. The lowest BCUT2D eigenvalue weighted by Gasteiger charge is -2.26. The highest BCUT2D eigenvalue weighted by atomic mass is 35.5. The van der Waals surface area contributed by atoms with Gasteiger partial charge in [-0.05, 0) is 24.7 Å². The van der Waals surface area contributed by atoms with E-state index in [4.69, 9.17) is 11.6 Å². The number of rotatable bonds is 5. The number of benzene rings is 1. The van der Waals surface area contributed by atoms with Crippen LogP contribution in [0.3, 0.4) is 0 Å². The lowest BCUT2D eigenvalue weighted by atomic mass is 9.81. The minimum Gasteiger partial charge on any atom is -0.379 e. The first kappa shape index (κ1) is 16.0. The molecule has 2 rings (SSSR count). The van der Waals surface area contributed by atoms with Crippen molar-refractivity contribution < 1.29 is 9.31 Å². The zero-order chi connectivity index (χ0) is 15.4. The highest BCUT2D eigenvalue weighted by Crippen LogP contribution is 2.32. The van der Waals surface area contributed by atoms with Gasteiger partial charge in [0.2, 0.25) is 0 Å². The fourth-order valence-corrected chi connectivity index (χ4v) is 3.22. The van der Waals surface area contributed by atoms with E-state index < -0.39 is 10.7 Å². The number of nitro benzene ring substituents is 1. The Labute approximate surface area is 128 Å². The van der Waals surface area contributed by atoms with Crippen LogP contribution >= 0.6 is 11.6 Å². The number of halogens is 2. The first-order valence-electron chi connectivity index (χ1n) is 7.34. The molecule has 1 aromatic rings. The number of hydrogen-bond donors (Lipinski definition) is 1. The molecule has 116 valence electrons. The van der Waals surface area contributed by atoms with Crippen molar-refractivity contribution in [3.63, 3.8) is 0 Å². The van der Waals surface area contributed by atoms with Gasteiger partial charge < -0.3 is 5.32 Å². The van der Waals surface area contributed by atoms with Crippen LogP contribution in [-0.2, 0) is 0 Å². The van der Waals surface area contributed by atoms with Crippen LogP contribution < -0.4 is 5.32 Å². The van der Waals surface area contributed by atoms with Crippen LogP contribution in [0.2, 0.25) is 5.02 Å². The second-order valence-corrected chi connectivity index (χ2v) is 6.30. The summed E-state index contributed by atoms with van der Waals surface area (Å²) in [5.74, 6) is 0.763. The van der Waals surface area contributed by atoms with Gasteiger partial charge in [-0.1, -0.05) is 37.8 Å². The van der Waals surface area contributed by atoms with E-state index in [0.29, 0.717) is 12.5 Å². The number of hydrogen-bond acceptors (Lipinski definition) is 3. The van der Waals surface area contributed by atoms with Crippen molar-refractivity contribution in [3.05, 3.63) is 33.1 Å². The second kappa shape index (κ2) is 7.07. The molecule has 0 radical (unpaired) electrons. The lowest BCUT2D eigenvalue weighted by Crippen LogP contribution is -2.17. The van der Waals surface area contributed by atoms with Gasteiger partial charge in [-0.25, -0.2) is 4.39 Å². The van der Waals surface area contributed by atoms with Gasteiger partial charge in [0.1, 0.15) is 11.5 Å². The van der Waals surface area contributed by atoms with E-state index in [-0.39, 0.29) is 16.4 Å². The molecule has 0 heterocycles. The van der Waals surface area contributed by atoms with Crippen LogP contribution in [-0.4, -0.2) is 11.5 Å². The number of nitro groups is 1. The van der Waals surface area contributed by atoms with E-state index in [9.17, 15) is 14.5 Å². The third-order valence-corrected chi connectivity index (χ3v) is 4.44. The molecule has 0 spiro atoms. The molecule has 6 heteroatoms. The van der Waals surface area contributed by atoms with E-state index in [1.165, 1.54) is 25.7 Å². The highest BCUT2D eigenvalue weighted by Gasteiger charge is 2.20. The Bertz CT molecular complexity index is 525. The molecule has 1 saturated carbocycles. The van der Waals surface area contributed by atoms with Crippen molar-refractivity contribution in [2.24, 2.45) is 11.8 Å². The first-order chi connectivity index (χ1) is 9.97. The highest BCUT2D eigenvalue weighted by molar-refractivity contribution is 6.31. The molecule has 0 bridgehead atoms. The molecular formula is C15H20ClFN2O2. The van der Waals surface area contributed by atoms with Gasteiger partial charge in [0, 0.05) is 18.7 Å². The minimum atomic E-state index is -0.643. The summed E-state index contributed by atoms with van der Waals surface area (Å²) in [5.41, 5.74) is 0.0178. The van der Waals surface area contributed by atoms with Gasteiger partial charge in [0.05, 0.1) is 9.95 Å².